The number of hydrogen-bond donors (Lipinski definition) is 1. The quantitative estimate of drug-likeness (QED) is 0.707. The average molecular weight is 192 g/mol. The predicted octanol–water partition coefficient (Wildman–Crippen LogP) is -0.326. The highest BCUT2D eigenvalue weighted by Gasteiger charge is 2.13. The Bertz CT molecular complexity index is 440. The summed E-state index contributed by atoms with van der Waals surface area (Å²) in [7, 11) is 3.72. The van der Waals surface area contributed by atoms with Gasteiger partial charge in [0.25, 0.3) is 0 Å². The van der Waals surface area contributed by atoms with Crippen molar-refractivity contribution in [2.45, 2.75) is 6.54 Å². The Labute approximate surface area is 81.3 Å². The molecule has 6 nitrogen and oxygen atoms in total. The maximum atomic E-state index is 5.57. The molecule has 0 aliphatic rings. The van der Waals surface area contributed by atoms with Gasteiger partial charge in [0.2, 0.25) is 0 Å². The van der Waals surface area contributed by atoms with Crippen LogP contribution < -0.4 is 5.73 Å². The van der Waals surface area contributed by atoms with E-state index >= 15 is 0 Å². The molecule has 0 bridgehead atoms. The molecule has 0 fully saturated rings. The Balaban J connectivity index is 2.60. The zero-order valence-corrected chi connectivity index (χ0v) is 8.18. The van der Waals surface area contributed by atoms with Gasteiger partial charge in [-0.2, -0.15) is 5.10 Å². The Morgan fingerprint density at radius 1 is 1.36 bits per heavy atom. The lowest BCUT2D eigenvalue weighted by Gasteiger charge is -2.02. The van der Waals surface area contributed by atoms with E-state index in [-0.39, 0.29) is 0 Å². The highest BCUT2D eigenvalue weighted by Crippen LogP contribution is 2.19. The first-order chi connectivity index (χ1) is 6.74. The average Bonchev–Trinajstić information content (AvgIpc) is 2.72. The molecule has 0 aromatic carbocycles. The van der Waals surface area contributed by atoms with E-state index in [0.717, 1.165) is 17.1 Å². The summed E-state index contributed by atoms with van der Waals surface area (Å²) in [6.45, 7) is 0.383. The van der Waals surface area contributed by atoms with Crippen molar-refractivity contribution in [2.24, 2.45) is 19.8 Å². The van der Waals surface area contributed by atoms with Gasteiger partial charge in [-0.3, -0.25) is 4.68 Å². The van der Waals surface area contributed by atoms with Gasteiger partial charge in [0, 0.05) is 26.8 Å². The van der Waals surface area contributed by atoms with Gasteiger partial charge >= 0.3 is 0 Å². The van der Waals surface area contributed by atoms with Gasteiger partial charge in [0.1, 0.15) is 11.4 Å². The molecule has 0 atom stereocenters. The van der Waals surface area contributed by atoms with Gasteiger partial charge in [-0.05, 0) is 6.07 Å². The number of hydrogen-bond acceptors (Lipinski definition) is 4. The molecule has 2 rings (SSSR count). The van der Waals surface area contributed by atoms with Gasteiger partial charge in [-0.15, -0.1) is 5.10 Å². The lowest BCUT2D eigenvalue weighted by molar-refractivity contribution is 0.706. The van der Waals surface area contributed by atoms with Crippen LogP contribution >= 0.6 is 0 Å². The van der Waals surface area contributed by atoms with E-state index in [9.17, 15) is 0 Å². The third-order valence-corrected chi connectivity index (χ3v) is 2.15. The highest BCUT2D eigenvalue weighted by atomic mass is 15.4. The molecule has 2 aromatic heterocycles. The van der Waals surface area contributed by atoms with E-state index in [2.05, 4.69) is 15.4 Å². The summed E-state index contributed by atoms with van der Waals surface area (Å²) in [5.74, 6) is 0. The van der Waals surface area contributed by atoms with Crippen molar-refractivity contribution < 1.29 is 0 Å². The van der Waals surface area contributed by atoms with Crippen molar-refractivity contribution in [3.8, 4) is 11.4 Å². The third-order valence-electron chi connectivity index (χ3n) is 2.15. The molecule has 14 heavy (non-hydrogen) atoms. The molecular formula is C8H12N6. The standard InChI is InChI=1S/C8H12N6/c1-13-7(3-4-10-13)8-6(5-9)11-12-14(8)2/h3-4H,5,9H2,1-2H3. The van der Waals surface area contributed by atoms with Gasteiger partial charge < -0.3 is 5.73 Å². The summed E-state index contributed by atoms with van der Waals surface area (Å²) < 4.78 is 3.48. The van der Waals surface area contributed by atoms with Gasteiger partial charge in [0.05, 0.1) is 5.69 Å². The Morgan fingerprint density at radius 2 is 2.14 bits per heavy atom. The molecule has 6 heteroatoms. The van der Waals surface area contributed by atoms with Crippen LogP contribution in [-0.4, -0.2) is 24.8 Å². The molecule has 74 valence electrons. The third kappa shape index (κ3) is 1.20. The SMILES string of the molecule is Cn1nccc1-c1c(CN)nnn1C. The van der Waals surface area contributed by atoms with Crippen LogP contribution in [0.25, 0.3) is 11.4 Å². The number of rotatable bonds is 2. The number of aryl methyl sites for hydroxylation is 2. The van der Waals surface area contributed by atoms with Crippen LogP contribution in [0.5, 0.6) is 0 Å². The second kappa shape index (κ2) is 3.22. The van der Waals surface area contributed by atoms with Crippen LogP contribution in [0, 0.1) is 0 Å². The number of nitrogens with zero attached hydrogens (tertiary/aromatic N) is 5. The largest absolute Gasteiger partial charge is 0.325 e. The van der Waals surface area contributed by atoms with E-state index in [1.807, 2.05) is 20.2 Å². The molecule has 2 aromatic rings. The van der Waals surface area contributed by atoms with E-state index < -0.39 is 0 Å². The molecule has 0 saturated heterocycles. The molecule has 0 unspecified atom stereocenters. The van der Waals surface area contributed by atoms with E-state index in [1.165, 1.54) is 0 Å². The number of nitrogens with two attached hydrogens (primary N) is 1. The van der Waals surface area contributed by atoms with Crippen molar-refractivity contribution in [3.63, 3.8) is 0 Å². The van der Waals surface area contributed by atoms with Gasteiger partial charge in [0.15, 0.2) is 0 Å². The summed E-state index contributed by atoms with van der Waals surface area (Å²) in [5.41, 5.74) is 8.26. The molecule has 2 heterocycles. The summed E-state index contributed by atoms with van der Waals surface area (Å²) in [6.07, 6.45) is 1.74. The molecule has 2 N–H and O–H groups in total. The van der Waals surface area contributed by atoms with Crippen LogP contribution in [-0.2, 0) is 20.6 Å². The fourth-order valence-corrected chi connectivity index (χ4v) is 1.46. The summed E-state index contributed by atoms with van der Waals surface area (Å²) in [5, 5.41) is 12.0. The van der Waals surface area contributed by atoms with Crippen molar-refractivity contribution in [3.05, 3.63) is 18.0 Å². The second-order valence-corrected chi connectivity index (χ2v) is 3.05. The normalized spacial score (nSPS) is 10.8. The fraction of sp³-hybridized carbons (Fsp3) is 0.375. The molecule has 0 aliphatic heterocycles. The minimum atomic E-state index is 0.383. The maximum Gasteiger partial charge on any atom is 0.111 e. The Morgan fingerprint density at radius 3 is 2.71 bits per heavy atom. The minimum Gasteiger partial charge on any atom is -0.325 e. The highest BCUT2D eigenvalue weighted by molar-refractivity contribution is 5.57. The molecular weight excluding hydrogens is 180 g/mol. The molecule has 0 radical (unpaired) electrons. The predicted molar refractivity (Wildman–Crippen MR) is 51.1 cm³/mol. The van der Waals surface area contributed by atoms with Crippen LogP contribution in [0.3, 0.4) is 0 Å². The van der Waals surface area contributed by atoms with Crippen LogP contribution in [0.15, 0.2) is 12.3 Å². The smallest absolute Gasteiger partial charge is 0.111 e. The van der Waals surface area contributed by atoms with E-state index in [1.54, 1.807) is 15.6 Å². The summed E-state index contributed by atoms with van der Waals surface area (Å²) >= 11 is 0. The second-order valence-electron chi connectivity index (χ2n) is 3.05. The molecule has 0 saturated carbocycles. The van der Waals surface area contributed by atoms with E-state index in [0.29, 0.717) is 6.54 Å². The van der Waals surface area contributed by atoms with Crippen LogP contribution in [0.1, 0.15) is 5.69 Å². The first-order valence-corrected chi connectivity index (χ1v) is 4.31. The van der Waals surface area contributed by atoms with Gasteiger partial charge in [-0.1, -0.05) is 5.21 Å². The van der Waals surface area contributed by atoms with Crippen molar-refractivity contribution in [1.82, 2.24) is 24.8 Å². The minimum absolute atomic E-state index is 0.383. The van der Waals surface area contributed by atoms with Crippen molar-refractivity contribution in [2.75, 3.05) is 0 Å². The zero-order valence-electron chi connectivity index (χ0n) is 8.18. The maximum absolute atomic E-state index is 5.57. The molecule has 0 amide bonds. The summed E-state index contributed by atoms with van der Waals surface area (Å²) in [6, 6.07) is 1.91. The molecule has 0 aliphatic carbocycles. The Kier molecular flexibility index (Phi) is 2.05. The van der Waals surface area contributed by atoms with Crippen LogP contribution in [0.4, 0.5) is 0 Å². The van der Waals surface area contributed by atoms with Crippen molar-refractivity contribution >= 4 is 0 Å². The van der Waals surface area contributed by atoms with E-state index in [4.69, 9.17) is 5.73 Å². The lowest BCUT2D eigenvalue weighted by atomic mass is 10.2. The zero-order chi connectivity index (χ0) is 10.1. The summed E-state index contributed by atoms with van der Waals surface area (Å²) in [4.78, 5) is 0. The van der Waals surface area contributed by atoms with Crippen molar-refractivity contribution in [1.29, 1.82) is 0 Å². The monoisotopic (exact) mass is 192 g/mol. The van der Waals surface area contributed by atoms with Gasteiger partial charge in [-0.25, -0.2) is 4.68 Å². The first-order valence-electron chi connectivity index (χ1n) is 4.31. The fourth-order valence-electron chi connectivity index (χ4n) is 1.46. The van der Waals surface area contributed by atoms with Crippen LogP contribution in [0.2, 0.25) is 0 Å². The number of aromatic nitrogens is 5. The molecule has 0 spiro atoms. The first kappa shape index (κ1) is 8.89. The topological polar surface area (TPSA) is 74.6 Å². The Hall–Kier alpha value is -1.69. The lowest BCUT2D eigenvalue weighted by Crippen LogP contribution is -2.04.